The maximum Gasteiger partial charge on any atom is 0.307 e. The highest BCUT2D eigenvalue weighted by Gasteiger charge is 2.52. The molecule has 3 atom stereocenters. The number of nitrogens with one attached hydrogen (secondary N) is 1. The minimum Gasteiger partial charge on any atom is -0.481 e. The molecule has 2 aliphatic carbocycles. The minimum absolute atomic E-state index is 0.0759. The maximum absolute atomic E-state index is 11.5. The number of aliphatic carboxylic acids is 1. The molecule has 4 heteroatoms. The van der Waals surface area contributed by atoms with Crippen molar-refractivity contribution >= 4 is 11.9 Å². The van der Waals surface area contributed by atoms with Gasteiger partial charge in [0.15, 0.2) is 0 Å². The summed E-state index contributed by atoms with van der Waals surface area (Å²) in [5.41, 5.74) is 0.212. The molecule has 0 spiro atoms. The van der Waals surface area contributed by atoms with Gasteiger partial charge in [-0.1, -0.05) is 13.8 Å². The van der Waals surface area contributed by atoms with E-state index in [1.165, 1.54) is 0 Å². The molecule has 0 aliphatic heterocycles. The Balaban J connectivity index is 1.79. The Labute approximate surface area is 82.7 Å². The van der Waals surface area contributed by atoms with Crippen LogP contribution in [0.4, 0.5) is 0 Å². The summed E-state index contributed by atoms with van der Waals surface area (Å²) in [6.07, 6.45) is 1.51. The van der Waals surface area contributed by atoms with Crippen LogP contribution in [0.15, 0.2) is 0 Å². The summed E-state index contributed by atoms with van der Waals surface area (Å²) in [5, 5.41) is 11.5. The van der Waals surface area contributed by atoms with Crippen molar-refractivity contribution in [3.63, 3.8) is 0 Å². The number of hydrogen-bond donors (Lipinski definition) is 2. The Hall–Kier alpha value is -1.06. The van der Waals surface area contributed by atoms with Crippen molar-refractivity contribution in [2.45, 2.75) is 32.7 Å². The number of rotatable bonds is 3. The normalized spacial score (nSPS) is 37.4. The molecule has 0 aromatic rings. The second-order valence-electron chi connectivity index (χ2n) is 5.04. The molecule has 2 rings (SSSR count). The highest BCUT2D eigenvalue weighted by molar-refractivity contribution is 5.89. The highest BCUT2D eigenvalue weighted by atomic mass is 16.4. The van der Waals surface area contributed by atoms with Crippen LogP contribution in [0.25, 0.3) is 0 Å². The fourth-order valence-electron chi connectivity index (χ4n) is 1.75. The summed E-state index contributed by atoms with van der Waals surface area (Å²) in [5.74, 6) is -1.63. The van der Waals surface area contributed by atoms with Crippen LogP contribution in [0.2, 0.25) is 0 Å². The molecule has 2 fully saturated rings. The van der Waals surface area contributed by atoms with Gasteiger partial charge in [0.1, 0.15) is 0 Å². The van der Waals surface area contributed by atoms with Crippen LogP contribution < -0.4 is 5.32 Å². The van der Waals surface area contributed by atoms with Crippen molar-refractivity contribution in [3.05, 3.63) is 0 Å². The molecule has 2 N–H and O–H groups in total. The summed E-state index contributed by atoms with van der Waals surface area (Å²) in [6, 6.07) is 0.255. The van der Waals surface area contributed by atoms with Crippen LogP contribution >= 0.6 is 0 Å². The molecule has 4 nitrogen and oxygen atoms in total. The standard InChI is InChI=1S/C10H15NO3/c1-10(2)4-7(10)11-8(12)5-3-6(5)9(13)14/h5-7H,3-4H2,1-2H3,(H,11,12)(H,13,14). The van der Waals surface area contributed by atoms with E-state index in [1.54, 1.807) is 0 Å². The Morgan fingerprint density at radius 1 is 1.36 bits per heavy atom. The molecule has 2 saturated carbocycles. The Morgan fingerprint density at radius 3 is 2.29 bits per heavy atom. The number of hydrogen-bond acceptors (Lipinski definition) is 2. The van der Waals surface area contributed by atoms with Crippen molar-refractivity contribution in [3.8, 4) is 0 Å². The van der Waals surface area contributed by atoms with E-state index in [0.29, 0.717) is 6.42 Å². The molecular weight excluding hydrogens is 182 g/mol. The van der Waals surface area contributed by atoms with E-state index in [0.717, 1.165) is 6.42 Å². The third kappa shape index (κ3) is 1.61. The average molecular weight is 197 g/mol. The molecular formula is C10H15NO3. The first-order valence-corrected chi connectivity index (χ1v) is 4.95. The zero-order valence-electron chi connectivity index (χ0n) is 8.41. The zero-order chi connectivity index (χ0) is 10.5. The van der Waals surface area contributed by atoms with Gasteiger partial charge in [0.2, 0.25) is 5.91 Å². The molecule has 0 radical (unpaired) electrons. The molecule has 14 heavy (non-hydrogen) atoms. The van der Waals surface area contributed by atoms with Gasteiger partial charge in [-0.25, -0.2) is 0 Å². The maximum atomic E-state index is 11.5. The third-order valence-electron chi connectivity index (χ3n) is 3.27. The molecule has 0 aromatic heterocycles. The van der Waals surface area contributed by atoms with E-state index >= 15 is 0 Å². The predicted molar refractivity (Wildman–Crippen MR) is 49.6 cm³/mol. The summed E-state index contributed by atoms with van der Waals surface area (Å²) >= 11 is 0. The molecule has 2 aliphatic rings. The summed E-state index contributed by atoms with van der Waals surface area (Å²) in [6.45, 7) is 4.19. The average Bonchev–Trinajstić information content (AvgIpc) is 2.87. The smallest absolute Gasteiger partial charge is 0.307 e. The van der Waals surface area contributed by atoms with Gasteiger partial charge in [-0.15, -0.1) is 0 Å². The molecule has 78 valence electrons. The minimum atomic E-state index is -0.847. The van der Waals surface area contributed by atoms with Crippen molar-refractivity contribution in [1.29, 1.82) is 0 Å². The lowest BCUT2D eigenvalue weighted by molar-refractivity contribution is -0.140. The lowest BCUT2D eigenvalue weighted by Gasteiger charge is -2.05. The fourth-order valence-corrected chi connectivity index (χ4v) is 1.75. The van der Waals surface area contributed by atoms with Crippen molar-refractivity contribution in [2.75, 3.05) is 0 Å². The van der Waals surface area contributed by atoms with Crippen molar-refractivity contribution in [1.82, 2.24) is 5.32 Å². The molecule has 0 bridgehead atoms. The molecule has 0 heterocycles. The van der Waals surface area contributed by atoms with Gasteiger partial charge in [0.25, 0.3) is 0 Å². The largest absolute Gasteiger partial charge is 0.481 e. The van der Waals surface area contributed by atoms with Gasteiger partial charge in [0, 0.05) is 6.04 Å². The highest BCUT2D eigenvalue weighted by Crippen LogP contribution is 2.46. The van der Waals surface area contributed by atoms with E-state index in [2.05, 4.69) is 19.2 Å². The first-order valence-electron chi connectivity index (χ1n) is 4.95. The van der Waals surface area contributed by atoms with E-state index < -0.39 is 11.9 Å². The number of carbonyl (C=O) groups is 2. The summed E-state index contributed by atoms with van der Waals surface area (Å²) in [4.78, 5) is 22.0. The monoisotopic (exact) mass is 197 g/mol. The topological polar surface area (TPSA) is 66.4 Å². The van der Waals surface area contributed by atoms with Gasteiger partial charge in [-0.3, -0.25) is 9.59 Å². The van der Waals surface area contributed by atoms with Gasteiger partial charge in [-0.2, -0.15) is 0 Å². The van der Waals surface area contributed by atoms with Crippen LogP contribution in [0.1, 0.15) is 26.7 Å². The van der Waals surface area contributed by atoms with Crippen molar-refractivity contribution in [2.24, 2.45) is 17.3 Å². The predicted octanol–water partition coefficient (Wildman–Crippen LogP) is 0.622. The van der Waals surface area contributed by atoms with Gasteiger partial charge >= 0.3 is 5.97 Å². The number of carboxylic acids is 1. The van der Waals surface area contributed by atoms with E-state index in [9.17, 15) is 9.59 Å². The first kappa shape index (κ1) is 9.49. The third-order valence-corrected chi connectivity index (χ3v) is 3.27. The Morgan fingerprint density at radius 2 is 1.93 bits per heavy atom. The van der Waals surface area contributed by atoms with Crippen LogP contribution in [0.5, 0.6) is 0 Å². The van der Waals surface area contributed by atoms with Crippen LogP contribution in [-0.4, -0.2) is 23.0 Å². The second-order valence-corrected chi connectivity index (χ2v) is 5.04. The van der Waals surface area contributed by atoms with Crippen LogP contribution in [-0.2, 0) is 9.59 Å². The Kier molecular flexibility index (Phi) is 1.84. The van der Waals surface area contributed by atoms with Gasteiger partial charge < -0.3 is 10.4 Å². The fraction of sp³-hybridized carbons (Fsp3) is 0.800. The van der Waals surface area contributed by atoms with E-state index in [1.807, 2.05) is 0 Å². The molecule has 3 unspecified atom stereocenters. The molecule has 0 aromatic carbocycles. The lowest BCUT2D eigenvalue weighted by atomic mass is 10.2. The summed E-state index contributed by atoms with van der Waals surface area (Å²) < 4.78 is 0. The Bertz CT molecular complexity index is 298. The number of carboxylic acid groups (broad SMARTS) is 1. The molecule has 1 amide bonds. The first-order chi connectivity index (χ1) is 6.42. The summed E-state index contributed by atoms with van der Waals surface area (Å²) in [7, 11) is 0. The molecule has 0 saturated heterocycles. The SMILES string of the molecule is CC1(C)CC1NC(=O)C1CC1C(=O)O. The van der Waals surface area contributed by atoms with Crippen molar-refractivity contribution < 1.29 is 14.7 Å². The van der Waals surface area contributed by atoms with E-state index in [4.69, 9.17) is 5.11 Å². The number of carbonyl (C=O) groups excluding carboxylic acids is 1. The van der Waals surface area contributed by atoms with Crippen LogP contribution in [0, 0.1) is 17.3 Å². The quantitative estimate of drug-likeness (QED) is 0.697. The van der Waals surface area contributed by atoms with Gasteiger partial charge in [-0.05, 0) is 18.3 Å². The lowest BCUT2D eigenvalue weighted by Crippen LogP contribution is -2.30. The number of amides is 1. The zero-order valence-corrected chi connectivity index (χ0v) is 8.41. The van der Waals surface area contributed by atoms with E-state index in [-0.39, 0.29) is 23.3 Å². The van der Waals surface area contributed by atoms with Gasteiger partial charge in [0.05, 0.1) is 11.8 Å². The second kappa shape index (κ2) is 2.72. The van der Waals surface area contributed by atoms with Crippen LogP contribution in [0.3, 0.4) is 0 Å².